The van der Waals surface area contributed by atoms with Crippen LogP contribution in [0.5, 0.6) is 23.0 Å². The molecule has 0 aliphatic carbocycles. The fourth-order valence-corrected chi connectivity index (χ4v) is 4.29. The molecule has 0 N–H and O–H groups in total. The smallest absolute Gasteiger partial charge is 0.258 e. The molecule has 0 bridgehead atoms. The molecule has 0 saturated heterocycles. The summed E-state index contributed by atoms with van der Waals surface area (Å²) < 4.78 is 21.9. The molecule has 1 heterocycles. The zero-order valence-corrected chi connectivity index (χ0v) is 18.8. The highest BCUT2D eigenvalue weighted by Crippen LogP contribution is 2.42. The van der Waals surface area contributed by atoms with Crippen LogP contribution in [0.2, 0.25) is 0 Å². The van der Waals surface area contributed by atoms with E-state index in [-0.39, 0.29) is 11.9 Å². The molecule has 1 amide bonds. The van der Waals surface area contributed by atoms with Gasteiger partial charge in [-0.05, 0) is 47.4 Å². The number of amides is 1. The third-order valence-corrected chi connectivity index (χ3v) is 5.89. The zero-order valence-electron chi connectivity index (χ0n) is 18.8. The van der Waals surface area contributed by atoms with Crippen LogP contribution in [0.25, 0.3) is 0 Å². The number of nitrogens with zero attached hydrogens (tertiary/aromatic N) is 1. The van der Waals surface area contributed by atoms with Crippen LogP contribution >= 0.6 is 0 Å². The first kappa shape index (κ1) is 21.6. The number of hydrogen-bond donors (Lipinski definition) is 0. The summed E-state index contributed by atoms with van der Waals surface area (Å²) in [5, 5.41) is 0. The second-order valence-corrected chi connectivity index (χ2v) is 7.53. The highest BCUT2D eigenvalue weighted by Gasteiger charge is 2.34. The monoisotopic (exact) mass is 433 g/mol. The van der Waals surface area contributed by atoms with Crippen molar-refractivity contribution < 1.29 is 23.7 Å². The SMILES string of the molecule is COc1ccc(C(=O)N2CCc3cc(OC)c(OC)cc3C2c2ccccc2)c(OC)c1. The quantitative estimate of drug-likeness (QED) is 0.573. The van der Waals surface area contributed by atoms with Gasteiger partial charge in [-0.2, -0.15) is 0 Å². The Morgan fingerprint density at radius 3 is 2.16 bits per heavy atom. The minimum atomic E-state index is -0.265. The van der Waals surface area contributed by atoms with Crippen molar-refractivity contribution in [3.63, 3.8) is 0 Å². The van der Waals surface area contributed by atoms with Gasteiger partial charge in [0.2, 0.25) is 0 Å². The molecule has 32 heavy (non-hydrogen) atoms. The summed E-state index contributed by atoms with van der Waals surface area (Å²) in [6, 6.07) is 19.0. The third-order valence-electron chi connectivity index (χ3n) is 5.89. The number of carbonyl (C=O) groups is 1. The number of carbonyl (C=O) groups excluding carboxylic acids is 1. The Kier molecular flexibility index (Phi) is 6.21. The normalized spacial score (nSPS) is 15.0. The van der Waals surface area contributed by atoms with E-state index in [0.29, 0.717) is 41.5 Å². The van der Waals surface area contributed by atoms with Gasteiger partial charge in [0, 0.05) is 12.6 Å². The Morgan fingerprint density at radius 2 is 1.50 bits per heavy atom. The van der Waals surface area contributed by atoms with Crippen LogP contribution in [0, 0.1) is 0 Å². The number of ether oxygens (including phenoxy) is 4. The number of fused-ring (bicyclic) bond motifs is 1. The van der Waals surface area contributed by atoms with Gasteiger partial charge in [0.05, 0.1) is 40.0 Å². The fraction of sp³-hybridized carbons (Fsp3) is 0.269. The minimum Gasteiger partial charge on any atom is -0.497 e. The lowest BCUT2D eigenvalue weighted by Crippen LogP contribution is -2.40. The van der Waals surface area contributed by atoms with Gasteiger partial charge in [0.1, 0.15) is 11.5 Å². The lowest BCUT2D eigenvalue weighted by Gasteiger charge is -2.38. The van der Waals surface area contributed by atoms with E-state index in [9.17, 15) is 4.79 Å². The molecule has 0 spiro atoms. The maximum Gasteiger partial charge on any atom is 0.258 e. The van der Waals surface area contributed by atoms with Gasteiger partial charge in [-0.3, -0.25) is 4.79 Å². The Labute approximate surface area is 188 Å². The number of hydrogen-bond acceptors (Lipinski definition) is 5. The number of benzene rings is 3. The van der Waals surface area contributed by atoms with Crippen LogP contribution in [0.15, 0.2) is 60.7 Å². The average Bonchev–Trinajstić information content (AvgIpc) is 2.86. The first-order valence-corrected chi connectivity index (χ1v) is 10.4. The van der Waals surface area contributed by atoms with Gasteiger partial charge in [0.25, 0.3) is 5.91 Å². The molecule has 6 heteroatoms. The molecule has 1 atom stereocenters. The van der Waals surface area contributed by atoms with Crippen molar-refractivity contribution >= 4 is 5.91 Å². The van der Waals surface area contributed by atoms with Crippen LogP contribution in [0.1, 0.15) is 33.1 Å². The summed E-state index contributed by atoms with van der Waals surface area (Å²) in [4.78, 5) is 15.7. The van der Waals surface area contributed by atoms with Crippen LogP contribution in [-0.2, 0) is 6.42 Å². The molecule has 4 rings (SSSR count). The summed E-state index contributed by atoms with van der Waals surface area (Å²) in [5.74, 6) is 2.36. The van der Waals surface area contributed by atoms with E-state index < -0.39 is 0 Å². The largest absolute Gasteiger partial charge is 0.497 e. The molecule has 166 valence electrons. The van der Waals surface area contributed by atoms with Crippen LogP contribution in [0.3, 0.4) is 0 Å². The topological polar surface area (TPSA) is 57.2 Å². The van der Waals surface area contributed by atoms with Crippen molar-refractivity contribution in [2.75, 3.05) is 35.0 Å². The predicted molar refractivity (Wildman–Crippen MR) is 122 cm³/mol. The molecule has 1 aliphatic heterocycles. The number of rotatable bonds is 6. The van der Waals surface area contributed by atoms with E-state index in [0.717, 1.165) is 16.7 Å². The Hall–Kier alpha value is -3.67. The molecule has 3 aromatic rings. The number of methoxy groups -OCH3 is 4. The molecule has 0 radical (unpaired) electrons. The minimum absolute atomic E-state index is 0.0983. The fourth-order valence-electron chi connectivity index (χ4n) is 4.29. The average molecular weight is 434 g/mol. The summed E-state index contributed by atoms with van der Waals surface area (Å²) in [6.07, 6.45) is 0.712. The molecule has 6 nitrogen and oxygen atoms in total. The molecular weight excluding hydrogens is 406 g/mol. The van der Waals surface area contributed by atoms with E-state index in [1.165, 1.54) is 0 Å². The highest BCUT2D eigenvalue weighted by molar-refractivity contribution is 5.98. The first-order chi connectivity index (χ1) is 15.6. The highest BCUT2D eigenvalue weighted by atomic mass is 16.5. The van der Waals surface area contributed by atoms with Crippen molar-refractivity contribution in [2.45, 2.75) is 12.5 Å². The Bertz CT molecular complexity index is 1110. The predicted octanol–water partition coefficient (Wildman–Crippen LogP) is 4.51. The van der Waals surface area contributed by atoms with Gasteiger partial charge in [-0.15, -0.1) is 0 Å². The Morgan fingerprint density at radius 1 is 0.812 bits per heavy atom. The molecule has 0 saturated carbocycles. The van der Waals surface area contributed by atoms with Crippen molar-refractivity contribution in [3.8, 4) is 23.0 Å². The maximum atomic E-state index is 13.8. The lowest BCUT2D eigenvalue weighted by atomic mass is 9.87. The van der Waals surface area contributed by atoms with Crippen molar-refractivity contribution in [1.82, 2.24) is 4.90 Å². The molecule has 1 unspecified atom stereocenters. The summed E-state index contributed by atoms with van der Waals surface area (Å²) in [5.41, 5.74) is 3.70. The lowest BCUT2D eigenvalue weighted by molar-refractivity contribution is 0.0690. The van der Waals surface area contributed by atoms with Crippen LogP contribution in [0.4, 0.5) is 0 Å². The molecular formula is C26H27NO5. The maximum absolute atomic E-state index is 13.8. The first-order valence-electron chi connectivity index (χ1n) is 10.4. The van der Waals surface area contributed by atoms with E-state index in [2.05, 4.69) is 0 Å². The zero-order chi connectivity index (χ0) is 22.7. The standard InChI is InChI=1S/C26H27NO5/c1-29-19-10-11-20(22(15-19)30-2)26(28)27-13-12-18-14-23(31-3)24(32-4)16-21(18)25(27)17-8-6-5-7-9-17/h5-11,14-16,25H,12-13H2,1-4H3. The van der Waals surface area contributed by atoms with E-state index in [1.54, 1.807) is 46.6 Å². The second-order valence-electron chi connectivity index (χ2n) is 7.53. The van der Waals surface area contributed by atoms with Gasteiger partial charge >= 0.3 is 0 Å². The second kappa shape index (κ2) is 9.22. The summed E-state index contributed by atoms with van der Waals surface area (Å²) in [6.45, 7) is 0.566. The third kappa shape index (κ3) is 3.84. The van der Waals surface area contributed by atoms with Crippen LogP contribution < -0.4 is 18.9 Å². The Balaban J connectivity index is 1.83. The van der Waals surface area contributed by atoms with E-state index in [1.807, 2.05) is 47.4 Å². The van der Waals surface area contributed by atoms with Crippen molar-refractivity contribution in [2.24, 2.45) is 0 Å². The molecule has 0 aromatic heterocycles. The van der Waals surface area contributed by atoms with Gasteiger partial charge < -0.3 is 23.8 Å². The van der Waals surface area contributed by atoms with Gasteiger partial charge in [-0.1, -0.05) is 30.3 Å². The van der Waals surface area contributed by atoms with E-state index in [4.69, 9.17) is 18.9 Å². The van der Waals surface area contributed by atoms with Crippen LogP contribution in [-0.4, -0.2) is 45.8 Å². The van der Waals surface area contributed by atoms with Gasteiger partial charge in [0.15, 0.2) is 11.5 Å². The molecule has 3 aromatic carbocycles. The molecule has 1 aliphatic rings. The summed E-state index contributed by atoms with van der Waals surface area (Å²) in [7, 11) is 6.40. The van der Waals surface area contributed by atoms with Crippen molar-refractivity contribution in [3.05, 3.63) is 82.9 Å². The molecule has 0 fully saturated rings. The van der Waals surface area contributed by atoms with E-state index >= 15 is 0 Å². The van der Waals surface area contributed by atoms with Crippen molar-refractivity contribution in [1.29, 1.82) is 0 Å². The van der Waals surface area contributed by atoms with Gasteiger partial charge in [-0.25, -0.2) is 0 Å². The summed E-state index contributed by atoms with van der Waals surface area (Å²) >= 11 is 0.